The Hall–Kier alpha value is -2.01. The number of hydrogen-bond donors (Lipinski definition) is 1. The van der Waals surface area contributed by atoms with Crippen LogP contribution < -0.4 is 4.74 Å². The third-order valence-electron chi connectivity index (χ3n) is 2.44. The van der Waals surface area contributed by atoms with Crippen LogP contribution in [0, 0.1) is 0 Å². The molecule has 1 N–H and O–H groups in total. The first-order valence-corrected chi connectivity index (χ1v) is 6.35. The zero-order chi connectivity index (χ0) is 15.1. The zero-order valence-electron chi connectivity index (χ0n) is 11.1. The number of rotatable bonds is 7. The van der Waals surface area contributed by atoms with Crippen LogP contribution in [0.2, 0.25) is 5.02 Å². The molecule has 1 rings (SSSR count). The first-order chi connectivity index (χ1) is 9.43. The quantitative estimate of drug-likeness (QED) is 0.784. The highest BCUT2D eigenvalue weighted by Gasteiger charge is 2.23. The van der Waals surface area contributed by atoms with E-state index in [0.29, 0.717) is 10.8 Å². The van der Waals surface area contributed by atoms with Gasteiger partial charge in [0.2, 0.25) is 0 Å². The van der Waals surface area contributed by atoms with Crippen molar-refractivity contribution in [2.24, 2.45) is 0 Å². The maximum atomic E-state index is 12.1. The highest BCUT2D eigenvalue weighted by Crippen LogP contribution is 2.18. The van der Waals surface area contributed by atoms with E-state index >= 15 is 0 Å². The lowest BCUT2D eigenvalue weighted by molar-refractivity contribution is -0.146. The van der Waals surface area contributed by atoms with E-state index in [-0.39, 0.29) is 6.54 Å². The van der Waals surface area contributed by atoms with Gasteiger partial charge >= 0.3 is 5.97 Å². The molecule has 0 radical (unpaired) electrons. The Morgan fingerprint density at radius 2 is 2.25 bits per heavy atom. The lowest BCUT2D eigenvalue weighted by Crippen LogP contribution is -2.43. The summed E-state index contributed by atoms with van der Waals surface area (Å²) in [5.41, 5.74) is 0. The number of carbonyl (C=O) groups is 2. The van der Waals surface area contributed by atoms with Gasteiger partial charge in [0.1, 0.15) is 12.3 Å². The van der Waals surface area contributed by atoms with Crippen LogP contribution in [0.4, 0.5) is 0 Å². The van der Waals surface area contributed by atoms with Crippen molar-refractivity contribution in [3.63, 3.8) is 0 Å². The molecular weight excluding hydrogens is 282 g/mol. The van der Waals surface area contributed by atoms with E-state index in [4.69, 9.17) is 21.4 Å². The first kappa shape index (κ1) is 16.0. The number of aliphatic carboxylic acids is 1. The second kappa shape index (κ2) is 7.55. The maximum Gasteiger partial charge on any atom is 0.323 e. The fraction of sp³-hybridized carbons (Fsp3) is 0.286. The van der Waals surface area contributed by atoms with Crippen molar-refractivity contribution in [2.45, 2.75) is 13.0 Å². The van der Waals surface area contributed by atoms with Crippen LogP contribution in [-0.4, -0.2) is 41.1 Å². The Bertz CT molecular complexity index is 504. The summed E-state index contributed by atoms with van der Waals surface area (Å²) in [5, 5.41) is 9.28. The monoisotopic (exact) mass is 297 g/mol. The summed E-state index contributed by atoms with van der Waals surface area (Å²) < 4.78 is 5.46. The highest BCUT2D eigenvalue weighted by atomic mass is 35.5. The Morgan fingerprint density at radius 1 is 1.55 bits per heavy atom. The number of ether oxygens (including phenoxy) is 1. The molecule has 0 saturated carbocycles. The van der Waals surface area contributed by atoms with E-state index in [1.165, 1.54) is 6.08 Å². The van der Waals surface area contributed by atoms with Crippen LogP contribution in [0.15, 0.2) is 36.9 Å². The van der Waals surface area contributed by atoms with Gasteiger partial charge in [0.05, 0.1) is 0 Å². The molecule has 1 amide bonds. The SMILES string of the molecule is C=CCN(CC(=O)O)C(=O)C(C)Oc1cccc(Cl)c1. The van der Waals surface area contributed by atoms with Crippen LogP contribution in [-0.2, 0) is 9.59 Å². The predicted octanol–water partition coefficient (Wildman–Crippen LogP) is 2.21. The average Bonchev–Trinajstić information content (AvgIpc) is 2.36. The summed E-state index contributed by atoms with van der Waals surface area (Å²) in [6.07, 6.45) is 0.653. The van der Waals surface area contributed by atoms with Gasteiger partial charge in [0, 0.05) is 11.6 Å². The normalized spacial score (nSPS) is 11.5. The van der Waals surface area contributed by atoms with E-state index in [2.05, 4.69) is 6.58 Å². The van der Waals surface area contributed by atoms with Gasteiger partial charge in [-0.3, -0.25) is 9.59 Å². The molecule has 0 saturated heterocycles. The Labute approximate surface area is 122 Å². The highest BCUT2D eigenvalue weighted by molar-refractivity contribution is 6.30. The van der Waals surface area contributed by atoms with Gasteiger partial charge < -0.3 is 14.7 Å². The number of nitrogens with zero attached hydrogens (tertiary/aromatic N) is 1. The summed E-state index contributed by atoms with van der Waals surface area (Å²) in [7, 11) is 0. The molecule has 0 bridgehead atoms. The molecule has 0 aliphatic heterocycles. The second-order valence-corrected chi connectivity index (χ2v) is 4.56. The Kier molecular flexibility index (Phi) is 6.06. The van der Waals surface area contributed by atoms with Crippen molar-refractivity contribution in [3.8, 4) is 5.75 Å². The van der Waals surface area contributed by atoms with Crippen LogP contribution >= 0.6 is 11.6 Å². The van der Waals surface area contributed by atoms with Crippen molar-refractivity contribution in [2.75, 3.05) is 13.1 Å². The number of amides is 1. The molecule has 0 spiro atoms. The summed E-state index contributed by atoms with van der Waals surface area (Å²) in [6.45, 7) is 4.81. The van der Waals surface area contributed by atoms with Crippen molar-refractivity contribution in [3.05, 3.63) is 41.9 Å². The van der Waals surface area contributed by atoms with Crippen molar-refractivity contribution in [1.82, 2.24) is 4.90 Å². The van der Waals surface area contributed by atoms with Crippen molar-refractivity contribution < 1.29 is 19.4 Å². The third kappa shape index (κ3) is 4.93. The maximum absolute atomic E-state index is 12.1. The minimum Gasteiger partial charge on any atom is -0.481 e. The van der Waals surface area contributed by atoms with Gasteiger partial charge in [-0.1, -0.05) is 23.7 Å². The standard InChI is InChI=1S/C14H16ClNO4/c1-3-7-16(9-13(17)18)14(19)10(2)20-12-6-4-5-11(15)8-12/h3-6,8,10H,1,7,9H2,2H3,(H,17,18). The van der Waals surface area contributed by atoms with E-state index in [1.54, 1.807) is 31.2 Å². The largest absolute Gasteiger partial charge is 0.481 e. The van der Waals surface area contributed by atoms with Crippen molar-refractivity contribution >= 4 is 23.5 Å². The molecule has 1 aromatic carbocycles. The predicted molar refractivity (Wildman–Crippen MR) is 76.0 cm³/mol. The summed E-state index contributed by atoms with van der Waals surface area (Å²) in [6, 6.07) is 6.65. The summed E-state index contributed by atoms with van der Waals surface area (Å²) in [4.78, 5) is 24.0. The van der Waals surface area contributed by atoms with E-state index in [9.17, 15) is 9.59 Å². The van der Waals surface area contributed by atoms with Gasteiger partial charge in [-0.25, -0.2) is 0 Å². The molecule has 0 aliphatic rings. The number of carboxylic acid groups (broad SMARTS) is 1. The lowest BCUT2D eigenvalue weighted by Gasteiger charge is -2.23. The van der Waals surface area contributed by atoms with Crippen LogP contribution in [0.25, 0.3) is 0 Å². The fourth-order valence-corrected chi connectivity index (χ4v) is 1.78. The second-order valence-electron chi connectivity index (χ2n) is 4.12. The molecule has 1 unspecified atom stereocenters. The third-order valence-corrected chi connectivity index (χ3v) is 2.68. The fourth-order valence-electron chi connectivity index (χ4n) is 1.60. The number of carboxylic acids is 1. The topological polar surface area (TPSA) is 66.8 Å². The average molecular weight is 298 g/mol. The molecule has 5 nitrogen and oxygen atoms in total. The molecular formula is C14H16ClNO4. The molecule has 1 aromatic rings. The van der Waals surface area contributed by atoms with E-state index < -0.39 is 24.5 Å². The van der Waals surface area contributed by atoms with Crippen LogP contribution in [0.5, 0.6) is 5.75 Å². The van der Waals surface area contributed by atoms with Gasteiger partial charge in [-0.05, 0) is 25.1 Å². The Morgan fingerprint density at radius 3 is 2.80 bits per heavy atom. The molecule has 20 heavy (non-hydrogen) atoms. The molecule has 0 aliphatic carbocycles. The summed E-state index contributed by atoms with van der Waals surface area (Å²) >= 11 is 5.82. The zero-order valence-corrected chi connectivity index (χ0v) is 11.8. The lowest BCUT2D eigenvalue weighted by atomic mass is 10.3. The van der Waals surface area contributed by atoms with Gasteiger partial charge in [-0.2, -0.15) is 0 Å². The van der Waals surface area contributed by atoms with Crippen LogP contribution in [0.1, 0.15) is 6.92 Å². The molecule has 6 heteroatoms. The molecule has 0 fully saturated rings. The molecule has 108 valence electrons. The number of carbonyl (C=O) groups excluding carboxylic acids is 1. The minimum absolute atomic E-state index is 0.147. The Balaban J connectivity index is 2.73. The smallest absolute Gasteiger partial charge is 0.323 e. The van der Waals surface area contributed by atoms with E-state index in [1.807, 2.05) is 0 Å². The molecule has 0 heterocycles. The minimum atomic E-state index is -1.09. The van der Waals surface area contributed by atoms with Gasteiger partial charge in [0.15, 0.2) is 6.10 Å². The first-order valence-electron chi connectivity index (χ1n) is 5.97. The van der Waals surface area contributed by atoms with Crippen LogP contribution in [0.3, 0.4) is 0 Å². The van der Waals surface area contributed by atoms with Gasteiger partial charge in [-0.15, -0.1) is 6.58 Å². The molecule has 0 aromatic heterocycles. The van der Waals surface area contributed by atoms with E-state index in [0.717, 1.165) is 4.90 Å². The van der Waals surface area contributed by atoms with Gasteiger partial charge in [0.25, 0.3) is 5.91 Å². The number of halogens is 1. The summed E-state index contributed by atoms with van der Waals surface area (Å²) in [5.74, 6) is -1.06. The van der Waals surface area contributed by atoms with Crippen molar-refractivity contribution in [1.29, 1.82) is 0 Å². The number of hydrogen-bond acceptors (Lipinski definition) is 3. The molecule has 1 atom stereocenters. The number of benzene rings is 1.